The maximum absolute atomic E-state index is 11.8. The van der Waals surface area contributed by atoms with Gasteiger partial charge in [0, 0.05) is 47.0 Å². The first-order chi connectivity index (χ1) is 15.5. The summed E-state index contributed by atoms with van der Waals surface area (Å²) in [6, 6.07) is 0. The van der Waals surface area contributed by atoms with Crippen LogP contribution < -0.4 is 0 Å². The lowest BCUT2D eigenvalue weighted by Gasteiger charge is -2.44. The van der Waals surface area contributed by atoms with Crippen LogP contribution in [0.15, 0.2) is 0 Å². The lowest BCUT2D eigenvalue weighted by Crippen LogP contribution is -2.63. The van der Waals surface area contributed by atoms with Crippen LogP contribution in [0.4, 0.5) is 0 Å². The van der Waals surface area contributed by atoms with Crippen molar-refractivity contribution in [2.75, 3.05) is 19.0 Å². The summed E-state index contributed by atoms with van der Waals surface area (Å²) in [6.07, 6.45) is -3.66. The van der Waals surface area contributed by atoms with Crippen molar-refractivity contribution >= 4 is 40.8 Å². The SMILES string of the molecule is CC(=O)OC[C@H]1O[C@@H](OCCCCCSC(C)=O)[C@H](OC(C)=O)[C@@H](OC(C)=O)[C@@H]1OC(C)=O. The molecule has 0 bridgehead atoms. The van der Waals surface area contributed by atoms with Crippen molar-refractivity contribution < 1.29 is 52.4 Å². The maximum atomic E-state index is 11.8. The van der Waals surface area contributed by atoms with Crippen molar-refractivity contribution in [3.05, 3.63) is 0 Å². The highest BCUT2D eigenvalue weighted by Crippen LogP contribution is 2.30. The third-order valence-corrected chi connectivity index (χ3v) is 5.22. The Kier molecular flexibility index (Phi) is 13.0. The fourth-order valence-electron chi connectivity index (χ4n) is 3.12. The zero-order chi connectivity index (χ0) is 25.0. The normalized spacial score (nSPS) is 24.5. The molecule has 0 aliphatic carbocycles. The second-order valence-electron chi connectivity index (χ2n) is 7.34. The third-order valence-electron chi connectivity index (χ3n) is 4.32. The molecule has 0 saturated carbocycles. The molecule has 33 heavy (non-hydrogen) atoms. The van der Waals surface area contributed by atoms with Crippen LogP contribution >= 0.6 is 11.8 Å². The smallest absolute Gasteiger partial charge is 0.303 e. The van der Waals surface area contributed by atoms with Gasteiger partial charge in [0.25, 0.3) is 0 Å². The lowest BCUT2D eigenvalue weighted by atomic mass is 9.98. The van der Waals surface area contributed by atoms with Gasteiger partial charge in [-0.1, -0.05) is 18.2 Å². The van der Waals surface area contributed by atoms with Crippen LogP contribution in [-0.4, -0.2) is 78.7 Å². The Morgan fingerprint density at radius 2 is 1.30 bits per heavy atom. The van der Waals surface area contributed by atoms with E-state index in [-0.39, 0.29) is 18.3 Å². The van der Waals surface area contributed by atoms with E-state index in [4.69, 9.17) is 28.4 Å². The van der Waals surface area contributed by atoms with E-state index in [1.807, 2.05) is 0 Å². The van der Waals surface area contributed by atoms with Crippen LogP contribution in [0, 0.1) is 0 Å². The fourth-order valence-corrected chi connectivity index (χ4v) is 3.76. The molecular weight excluding hydrogens is 460 g/mol. The van der Waals surface area contributed by atoms with Crippen LogP contribution in [0.2, 0.25) is 0 Å². The summed E-state index contributed by atoms with van der Waals surface area (Å²) in [5.41, 5.74) is 0. The Bertz CT molecular complexity index is 696. The van der Waals surface area contributed by atoms with E-state index in [1.54, 1.807) is 0 Å². The Morgan fingerprint density at radius 1 is 0.727 bits per heavy atom. The molecule has 0 unspecified atom stereocenters. The number of hydrogen-bond donors (Lipinski definition) is 0. The highest BCUT2D eigenvalue weighted by molar-refractivity contribution is 8.13. The molecule has 0 aromatic heterocycles. The number of unbranched alkanes of at least 4 members (excludes halogenated alkanes) is 2. The zero-order valence-corrected chi connectivity index (χ0v) is 20.3. The fraction of sp³-hybridized carbons (Fsp3) is 0.762. The number of carbonyl (C=O) groups is 5. The summed E-state index contributed by atoms with van der Waals surface area (Å²) in [4.78, 5) is 57.5. The van der Waals surface area contributed by atoms with Gasteiger partial charge in [-0.05, 0) is 12.8 Å². The predicted molar refractivity (Wildman–Crippen MR) is 115 cm³/mol. The molecule has 1 aliphatic heterocycles. The molecule has 1 fully saturated rings. The molecule has 1 saturated heterocycles. The number of esters is 4. The van der Waals surface area contributed by atoms with Crippen molar-refractivity contribution in [2.45, 2.75) is 84.6 Å². The van der Waals surface area contributed by atoms with Gasteiger partial charge >= 0.3 is 23.9 Å². The van der Waals surface area contributed by atoms with E-state index >= 15 is 0 Å². The topological polar surface area (TPSA) is 141 Å². The van der Waals surface area contributed by atoms with Gasteiger partial charge in [-0.15, -0.1) is 0 Å². The molecule has 188 valence electrons. The molecule has 12 heteroatoms. The Balaban J connectivity index is 2.98. The summed E-state index contributed by atoms with van der Waals surface area (Å²) < 4.78 is 32.6. The van der Waals surface area contributed by atoms with Crippen molar-refractivity contribution in [1.29, 1.82) is 0 Å². The molecule has 1 heterocycles. The third kappa shape index (κ3) is 11.5. The van der Waals surface area contributed by atoms with Crippen molar-refractivity contribution in [1.82, 2.24) is 0 Å². The van der Waals surface area contributed by atoms with Crippen LogP contribution in [-0.2, 0) is 52.4 Å². The van der Waals surface area contributed by atoms with E-state index in [0.717, 1.165) is 26.7 Å². The van der Waals surface area contributed by atoms with Crippen LogP contribution in [0.3, 0.4) is 0 Å². The molecular formula is C21H32O11S. The summed E-state index contributed by atoms with van der Waals surface area (Å²) >= 11 is 1.25. The van der Waals surface area contributed by atoms with Gasteiger partial charge in [0.2, 0.25) is 0 Å². The molecule has 1 aliphatic rings. The predicted octanol–water partition coefficient (Wildman–Crippen LogP) is 1.54. The van der Waals surface area contributed by atoms with Crippen LogP contribution in [0.25, 0.3) is 0 Å². The van der Waals surface area contributed by atoms with E-state index in [1.165, 1.54) is 32.5 Å². The molecule has 0 aromatic carbocycles. The molecule has 11 nitrogen and oxygen atoms in total. The Morgan fingerprint density at radius 3 is 1.85 bits per heavy atom. The minimum Gasteiger partial charge on any atom is -0.463 e. The number of thioether (sulfide) groups is 1. The van der Waals surface area contributed by atoms with Gasteiger partial charge in [-0.25, -0.2) is 0 Å². The Labute approximate surface area is 197 Å². The van der Waals surface area contributed by atoms with Gasteiger partial charge in [0.15, 0.2) is 29.7 Å². The van der Waals surface area contributed by atoms with Gasteiger partial charge in [0.1, 0.15) is 12.7 Å². The highest BCUT2D eigenvalue weighted by Gasteiger charge is 2.52. The summed E-state index contributed by atoms with van der Waals surface area (Å²) in [5.74, 6) is -1.97. The number of ether oxygens (including phenoxy) is 6. The summed E-state index contributed by atoms with van der Waals surface area (Å²) in [7, 11) is 0. The molecule has 0 N–H and O–H groups in total. The number of hydrogen-bond acceptors (Lipinski definition) is 12. The van der Waals surface area contributed by atoms with Crippen molar-refractivity contribution in [3.63, 3.8) is 0 Å². The maximum Gasteiger partial charge on any atom is 0.303 e. The molecule has 0 radical (unpaired) electrons. The van der Waals surface area contributed by atoms with Gasteiger partial charge < -0.3 is 28.4 Å². The highest BCUT2D eigenvalue weighted by atomic mass is 32.2. The number of rotatable bonds is 12. The first-order valence-corrected chi connectivity index (χ1v) is 11.5. The minimum absolute atomic E-state index is 0.0590. The van der Waals surface area contributed by atoms with E-state index in [2.05, 4.69) is 0 Å². The quantitative estimate of drug-likeness (QED) is 0.222. The largest absolute Gasteiger partial charge is 0.463 e. The van der Waals surface area contributed by atoms with Crippen molar-refractivity contribution in [3.8, 4) is 0 Å². The average Bonchev–Trinajstić information content (AvgIpc) is 2.68. The second-order valence-corrected chi connectivity index (χ2v) is 8.61. The first-order valence-electron chi connectivity index (χ1n) is 10.6. The Hall–Kier alpha value is -2.18. The molecule has 5 atom stereocenters. The van der Waals surface area contributed by atoms with Gasteiger partial charge in [0.05, 0.1) is 0 Å². The standard InChI is InChI=1S/C21H32O11S/c1-12(22)28-11-17-18(29-13(2)23)19(30-14(3)24)20(31-15(4)25)21(32-17)27-9-7-6-8-10-33-16(5)26/h17-21H,6-11H2,1-5H3/t17-,18-,19+,20-,21-/m1/s1. The summed E-state index contributed by atoms with van der Waals surface area (Å²) in [6.45, 7) is 6.10. The zero-order valence-electron chi connectivity index (χ0n) is 19.5. The molecule has 0 aromatic rings. The lowest BCUT2D eigenvalue weighted by molar-refractivity contribution is -0.308. The monoisotopic (exact) mass is 492 g/mol. The van der Waals surface area contributed by atoms with Crippen molar-refractivity contribution in [2.24, 2.45) is 0 Å². The van der Waals surface area contributed by atoms with E-state index in [0.29, 0.717) is 12.2 Å². The molecule has 1 rings (SSSR count). The minimum atomic E-state index is -1.25. The molecule has 0 spiro atoms. The van der Waals surface area contributed by atoms with Crippen LogP contribution in [0.1, 0.15) is 53.9 Å². The van der Waals surface area contributed by atoms with Gasteiger partial charge in [-0.2, -0.15) is 0 Å². The first kappa shape index (κ1) is 28.9. The molecule has 0 amide bonds. The van der Waals surface area contributed by atoms with E-state index < -0.39 is 54.6 Å². The second kappa shape index (κ2) is 14.9. The number of carbonyl (C=O) groups excluding carboxylic acids is 5. The summed E-state index contributed by atoms with van der Waals surface area (Å²) in [5, 5.41) is 0.0590. The average molecular weight is 493 g/mol. The van der Waals surface area contributed by atoms with Crippen LogP contribution in [0.5, 0.6) is 0 Å². The van der Waals surface area contributed by atoms with E-state index in [9.17, 15) is 24.0 Å². The van der Waals surface area contributed by atoms with Gasteiger partial charge in [-0.3, -0.25) is 24.0 Å².